The van der Waals surface area contributed by atoms with E-state index in [2.05, 4.69) is 12.2 Å². The molecule has 8 heavy (non-hydrogen) atoms. The van der Waals surface area contributed by atoms with Crippen molar-refractivity contribution in [2.75, 3.05) is 0 Å². The molecule has 2 unspecified atom stereocenters. The standard InChI is InChI=1S/C7H10.C/c1-2-7-4-3-6(1)5-7;/h1-2,6-7H,3-5H2;. The van der Waals surface area contributed by atoms with Gasteiger partial charge in [0.25, 0.3) is 0 Å². The van der Waals surface area contributed by atoms with Crippen LogP contribution < -0.4 is 0 Å². The summed E-state index contributed by atoms with van der Waals surface area (Å²) < 4.78 is 0. The fraction of sp³-hybridized carbons (Fsp3) is 0.625. The van der Waals surface area contributed by atoms with Crippen LogP contribution in [0.5, 0.6) is 0 Å². The molecule has 2 bridgehead atoms. The van der Waals surface area contributed by atoms with Crippen molar-refractivity contribution < 1.29 is 0 Å². The van der Waals surface area contributed by atoms with E-state index in [1.807, 2.05) is 0 Å². The minimum atomic E-state index is 0. The van der Waals surface area contributed by atoms with Crippen LogP contribution in [0.1, 0.15) is 19.3 Å². The predicted molar refractivity (Wildman–Crippen MR) is 33.2 cm³/mol. The molecule has 0 heterocycles. The second-order valence-corrected chi connectivity index (χ2v) is 2.72. The third-order valence-electron chi connectivity index (χ3n) is 2.17. The Kier molecular flexibility index (Phi) is 1.41. The maximum Gasteiger partial charge on any atom is 0 e. The number of allylic oxidation sites excluding steroid dienone is 2. The quantitative estimate of drug-likeness (QED) is 0.414. The van der Waals surface area contributed by atoms with Crippen molar-refractivity contribution in [3.63, 3.8) is 0 Å². The Labute approximate surface area is 51.6 Å². The Morgan fingerprint density at radius 1 is 1.00 bits per heavy atom. The molecule has 0 saturated heterocycles. The van der Waals surface area contributed by atoms with Gasteiger partial charge in [-0.05, 0) is 31.1 Å². The summed E-state index contributed by atoms with van der Waals surface area (Å²) in [6.45, 7) is 0. The van der Waals surface area contributed by atoms with Gasteiger partial charge < -0.3 is 0 Å². The summed E-state index contributed by atoms with van der Waals surface area (Å²) in [6.07, 6.45) is 9.19. The van der Waals surface area contributed by atoms with Gasteiger partial charge >= 0.3 is 0 Å². The monoisotopic (exact) mass is 106 g/mol. The van der Waals surface area contributed by atoms with Crippen molar-refractivity contribution in [2.24, 2.45) is 11.8 Å². The van der Waals surface area contributed by atoms with Crippen LogP contribution in [0.3, 0.4) is 0 Å². The van der Waals surface area contributed by atoms with E-state index in [4.69, 9.17) is 0 Å². The molecule has 4 radical (unpaired) electrons. The Bertz CT molecular complexity index is 90.6. The lowest BCUT2D eigenvalue weighted by atomic mass is 10.1. The van der Waals surface area contributed by atoms with Gasteiger partial charge in [0.1, 0.15) is 0 Å². The van der Waals surface area contributed by atoms with E-state index in [0.717, 1.165) is 11.8 Å². The molecule has 1 saturated carbocycles. The lowest BCUT2D eigenvalue weighted by Gasteiger charge is -1.96. The van der Waals surface area contributed by atoms with Crippen LogP contribution in [-0.2, 0) is 0 Å². The molecule has 0 nitrogen and oxygen atoms in total. The molecule has 0 aromatic rings. The molecule has 2 aliphatic rings. The summed E-state index contributed by atoms with van der Waals surface area (Å²) in [6, 6.07) is 0. The molecule has 0 N–H and O–H groups in total. The summed E-state index contributed by atoms with van der Waals surface area (Å²) in [7, 11) is 0. The van der Waals surface area contributed by atoms with E-state index in [1.54, 1.807) is 0 Å². The highest BCUT2D eigenvalue weighted by Crippen LogP contribution is 2.38. The van der Waals surface area contributed by atoms with Crippen LogP contribution in [0.25, 0.3) is 0 Å². The summed E-state index contributed by atoms with van der Waals surface area (Å²) >= 11 is 0. The van der Waals surface area contributed by atoms with Crippen molar-refractivity contribution in [3.8, 4) is 0 Å². The van der Waals surface area contributed by atoms with Crippen LogP contribution in [0.2, 0.25) is 0 Å². The molecule has 0 amide bonds. The fourth-order valence-electron chi connectivity index (χ4n) is 1.72. The highest BCUT2D eigenvalue weighted by Gasteiger charge is 2.25. The van der Waals surface area contributed by atoms with Gasteiger partial charge in [-0.25, -0.2) is 0 Å². The average Bonchev–Trinajstić information content (AvgIpc) is 2.22. The largest absolute Gasteiger partial charge is 0.0851 e. The first kappa shape index (κ1) is 5.87. The molecule has 0 heteroatoms. The maximum atomic E-state index is 2.38. The van der Waals surface area contributed by atoms with Gasteiger partial charge in [-0.15, -0.1) is 0 Å². The number of hydrogen-bond acceptors (Lipinski definition) is 0. The lowest BCUT2D eigenvalue weighted by molar-refractivity contribution is 0.691. The van der Waals surface area contributed by atoms with Crippen LogP contribution in [0, 0.1) is 19.3 Å². The fourth-order valence-corrected chi connectivity index (χ4v) is 1.72. The molecule has 2 atom stereocenters. The highest BCUT2D eigenvalue weighted by molar-refractivity contribution is 5.06. The van der Waals surface area contributed by atoms with Crippen LogP contribution >= 0.6 is 0 Å². The van der Waals surface area contributed by atoms with Crippen LogP contribution in [-0.4, -0.2) is 0 Å². The van der Waals surface area contributed by atoms with E-state index < -0.39 is 0 Å². The molecule has 0 spiro atoms. The second kappa shape index (κ2) is 1.93. The minimum absolute atomic E-state index is 0. The van der Waals surface area contributed by atoms with E-state index in [1.165, 1.54) is 19.3 Å². The zero-order chi connectivity index (χ0) is 4.69. The Balaban J connectivity index is 0.000000320. The van der Waals surface area contributed by atoms with E-state index in [9.17, 15) is 0 Å². The first-order valence-electron chi connectivity index (χ1n) is 3.13. The average molecular weight is 106 g/mol. The molecule has 2 aliphatic carbocycles. The zero-order valence-corrected chi connectivity index (χ0v) is 4.93. The van der Waals surface area contributed by atoms with Crippen molar-refractivity contribution in [2.45, 2.75) is 19.3 Å². The number of rotatable bonds is 0. The summed E-state index contributed by atoms with van der Waals surface area (Å²) in [5.74, 6) is 1.98. The predicted octanol–water partition coefficient (Wildman–Crippen LogP) is 2.05. The lowest BCUT2D eigenvalue weighted by Crippen LogP contribution is -1.82. The van der Waals surface area contributed by atoms with E-state index in [-0.39, 0.29) is 7.43 Å². The summed E-state index contributed by atoms with van der Waals surface area (Å²) in [5.41, 5.74) is 0. The molecule has 1 fully saturated rings. The second-order valence-electron chi connectivity index (χ2n) is 2.72. The topological polar surface area (TPSA) is 0 Å². The Morgan fingerprint density at radius 2 is 1.50 bits per heavy atom. The highest BCUT2D eigenvalue weighted by atomic mass is 14.3. The summed E-state index contributed by atoms with van der Waals surface area (Å²) in [4.78, 5) is 0. The van der Waals surface area contributed by atoms with Crippen LogP contribution in [0.15, 0.2) is 12.2 Å². The van der Waals surface area contributed by atoms with Crippen molar-refractivity contribution in [3.05, 3.63) is 19.6 Å². The third kappa shape index (κ3) is 0.683. The van der Waals surface area contributed by atoms with Gasteiger partial charge in [0.05, 0.1) is 0 Å². The number of fused-ring (bicyclic) bond motifs is 2. The van der Waals surface area contributed by atoms with Crippen molar-refractivity contribution in [1.29, 1.82) is 0 Å². The van der Waals surface area contributed by atoms with Crippen LogP contribution in [0.4, 0.5) is 0 Å². The molecule has 0 aromatic carbocycles. The number of hydrogen-bond donors (Lipinski definition) is 0. The Hall–Kier alpha value is -0.260. The SMILES string of the molecule is C1=CC2CCC1C2.[C]. The molecule has 42 valence electrons. The first-order chi connectivity index (χ1) is 3.45. The van der Waals surface area contributed by atoms with Crippen molar-refractivity contribution >= 4 is 0 Å². The minimum Gasteiger partial charge on any atom is -0.0851 e. The van der Waals surface area contributed by atoms with Gasteiger partial charge in [-0.1, -0.05) is 12.2 Å². The summed E-state index contributed by atoms with van der Waals surface area (Å²) in [5, 5.41) is 0. The van der Waals surface area contributed by atoms with Gasteiger partial charge in [-0.2, -0.15) is 0 Å². The van der Waals surface area contributed by atoms with Gasteiger partial charge in [0, 0.05) is 7.43 Å². The molecule has 2 rings (SSSR count). The van der Waals surface area contributed by atoms with Crippen molar-refractivity contribution in [1.82, 2.24) is 0 Å². The maximum absolute atomic E-state index is 2.38. The third-order valence-corrected chi connectivity index (χ3v) is 2.17. The first-order valence-corrected chi connectivity index (χ1v) is 3.13. The van der Waals surface area contributed by atoms with E-state index >= 15 is 0 Å². The molecule has 0 aromatic heterocycles. The zero-order valence-electron chi connectivity index (χ0n) is 4.93. The van der Waals surface area contributed by atoms with Gasteiger partial charge in [0.15, 0.2) is 0 Å². The van der Waals surface area contributed by atoms with E-state index in [0.29, 0.717) is 0 Å². The van der Waals surface area contributed by atoms with Gasteiger partial charge in [-0.3, -0.25) is 0 Å². The van der Waals surface area contributed by atoms with Gasteiger partial charge in [0.2, 0.25) is 0 Å². The molecular weight excluding hydrogens is 96.1 g/mol. The Morgan fingerprint density at radius 3 is 1.62 bits per heavy atom. The smallest absolute Gasteiger partial charge is 0 e. The normalized spacial score (nSPS) is 40.0. The molecular formula is C8H10. The molecule has 0 aliphatic heterocycles.